The lowest BCUT2D eigenvalue weighted by Gasteiger charge is -2.29. The number of hydrogen-bond acceptors (Lipinski definition) is 3. The van der Waals surface area contributed by atoms with Crippen molar-refractivity contribution in [1.29, 1.82) is 0 Å². The third kappa shape index (κ3) is 6.97. The Hall–Kier alpha value is -0.610. The van der Waals surface area contributed by atoms with E-state index in [9.17, 15) is 4.79 Å². The minimum Gasteiger partial charge on any atom is -0.355 e. The molecule has 0 aromatic rings. The fraction of sp³-hybridized carbons (Fsp3) is 0.929. The molecule has 0 aromatic carbocycles. The summed E-state index contributed by atoms with van der Waals surface area (Å²) in [7, 11) is 0. The van der Waals surface area contributed by atoms with Gasteiger partial charge in [-0.05, 0) is 44.8 Å². The van der Waals surface area contributed by atoms with Gasteiger partial charge < -0.3 is 15.5 Å². The van der Waals surface area contributed by atoms with Crippen molar-refractivity contribution < 1.29 is 4.79 Å². The zero-order chi connectivity index (χ0) is 13.2. The second-order valence-corrected chi connectivity index (χ2v) is 5.45. The molecule has 1 saturated heterocycles. The first-order valence-electron chi connectivity index (χ1n) is 7.42. The predicted molar refractivity (Wildman–Crippen MR) is 75.6 cm³/mol. The average molecular weight is 255 g/mol. The van der Waals surface area contributed by atoms with Gasteiger partial charge in [-0.3, -0.25) is 4.79 Å². The molecule has 2 N–H and O–H groups in total. The van der Waals surface area contributed by atoms with Crippen molar-refractivity contribution in [2.24, 2.45) is 5.92 Å². The van der Waals surface area contributed by atoms with Crippen molar-refractivity contribution in [3.05, 3.63) is 0 Å². The molecule has 0 saturated carbocycles. The van der Waals surface area contributed by atoms with Gasteiger partial charge in [0.2, 0.25) is 5.91 Å². The summed E-state index contributed by atoms with van der Waals surface area (Å²) in [6, 6.07) is 0. The Balaban J connectivity index is 2.04. The summed E-state index contributed by atoms with van der Waals surface area (Å²) in [5.41, 5.74) is 0. The van der Waals surface area contributed by atoms with Crippen molar-refractivity contribution >= 4 is 5.91 Å². The van der Waals surface area contributed by atoms with Crippen LogP contribution in [0.1, 0.15) is 39.5 Å². The van der Waals surface area contributed by atoms with E-state index < -0.39 is 0 Å². The molecule has 1 fully saturated rings. The second-order valence-electron chi connectivity index (χ2n) is 5.45. The van der Waals surface area contributed by atoms with Crippen LogP contribution in [0.2, 0.25) is 0 Å². The van der Waals surface area contributed by atoms with Crippen molar-refractivity contribution in [2.45, 2.75) is 39.5 Å². The summed E-state index contributed by atoms with van der Waals surface area (Å²) in [6.45, 7) is 10.1. The Morgan fingerprint density at radius 3 is 2.67 bits per heavy atom. The molecule has 0 aromatic heterocycles. The largest absolute Gasteiger partial charge is 0.355 e. The van der Waals surface area contributed by atoms with Crippen molar-refractivity contribution in [3.63, 3.8) is 0 Å². The Bertz CT molecular complexity index is 227. The minimum absolute atomic E-state index is 0.119. The number of hydrogen-bond donors (Lipinski definition) is 2. The molecular formula is C14H29N3O. The quantitative estimate of drug-likeness (QED) is 0.641. The highest BCUT2D eigenvalue weighted by Crippen LogP contribution is 2.10. The first-order chi connectivity index (χ1) is 8.72. The number of carbonyl (C=O) groups excluding carboxylic acids is 1. The summed E-state index contributed by atoms with van der Waals surface area (Å²) >= 11 is 0. The van der Waals surface area contributed by atoms with Gasteiger partial charge in [-0.2, -0.15) is 0 Å². The van der Waals surface area contributed by atoms with Gasteiger partial charge in [0.25, 0.3) is 0 Å². The minimum atomic E-state index is 0.119. The van der Waals surface area contributed by atoms with Gasteiger partial charge in [-0.15, -0.1) is 0 Å². The van der Waals surface area contributed by atoms with E-state index in [0.29, 0.717) is 12.5 Å². The van der Waals surface area contributed by atoms with Gasteiger partial charge in [0, 0.05) is 13.1 Å². The molecule has 1 aliphatic rings. The molecule has 4 nitrogen and oxygen atoms in total. The van der Waals surface area contributed by atoms with Crippen molar-refractivity contribution in [1.82, 2.24) is 15.5 Å². The van der Waals surface area contributed by atoms with E-state index in [-0.39, 0.29) is 5.91 Å². The third-order valence-corrected chi connectivity index (χ3v) is 3.38. The third-order valence-electron chi connectivity index (χ3n) is 3.38. The molecular weight excluding hydrogens is 226 g/mol. The van der Waals surface area contributed by atoms with Crippen LogP contribution in [0.15, 0.2) is 0 Å². The number of nitrogens with zero attached hydrogens (tertiary/aromatic N) is 1. The van der Waals surface area contributed by atoms with E-state index in [1.165, 1.54) is 32.4 Å². The fourth-order valence-corrected chi connectivity index (χ4v) is 2.38. The van der Waals surface area contributed by atoms with Gasteiger partial charge in [0.05, 0.1) is 6.54 Å². The van der Waals surface area contributed by atoms with Crippen LogP contribution in [0.25, 0.3) is 0 Å². The number of carbonyl (C=O) groups is 1. The maximum absolute atomic E-state index is 11.5. The van der Waals surface area contributed by atoms with Crippen LogP contribution in [0.4, 0.5) is 0 Å². The van der Waals surface area contributed by atoms with Gasteiger partial charge in [-0.25, -0.2) is 0 Å². The number of nitrogens with one attached hydrogen (secondary N) is 2. The number of likely N-dealkylation sites (tertiary alicyclic amines) is 1. The van der Waals surface area contributed by atoms with E-state index in [2.05, 4.69) is 29.4 Å². The molecule has 4 heteroatoms. The highest BCUT2D eigenvalue weighted by atomic mass is 16.1. The smallest absolute Gasteiger partial charge is 0.233 e. The van der Waals surface area contributed by atoms with Crippen LogP contribution < -0.4 is 10.6 Å². The maximum Gasteiger partial charge on any atom is 0.233 e. The molecule has 1 amide bonds. The summed E-state index contributed by atoms with van der Waals surface area (Å²) < 4.78 is 0. The lowest BCUT2D eigenvalue weighted by atomic mass is 10.1. The van der Waals surface area contributed by atoms with E-state index >= 15 is 0 Å². The standard InChI is InChI=1S/C14H29N3O/c1-3-7-15-11-14(18)16-10-13(2)12-17-8-5-4-6-9-17/h13,15H,3-12H2,1-2H3,(H,16,18). The molecule has 1 rings (SSSR count). The SMILES string of the molecule is CCCNCC(=O)NCC(C)CN1CCCCC1. The monoisotopic (exact) mass is 255 g/mol. The van der Waals surface area contributed by atoms with Crippen LogP contribution in [-0.2, 0) is 4.79 Å². The molecule has 0 spiro atoms. The van der Waals surface area contributed by atoms with Crippen LogP contribution >= 0.6 is 0 Å². The molecule has 0 aliphatic carbocycles. The number of amides is 1. The predicted octanol–water partition coefficient (Wildman–Crippen LogP) is 1.22. The van der Waals surface area contributed by atoms with E-state index in [1.54, 1.807) is 0 Å². The summed E-state index contributed by atoms with van der Waals surface area (Å²) in [5, 5.41) is 6.12. The van der Waals surface area contributed by atoms with Gasteiger partial charge in [0.15, 0.2) is 0 Å². The van der Waals surface area contributed by atoms with E-state index in [1.807, 2.05) is 0 Å². The van der Waals surface area contributed by atoms with Crippen LogP contribution in [0.5, 0.6) is 0 Å². The van der Waals surface area contributed by atoms with Gasteiger partial charge in [-0.1, -0.05) is 20.3 Å². The molecule has 1 aliphatic heterocycles. The molecule has 0 bridgehead atoms. The molecule has 106 valence electrons. The zero-order valence-electron chi connectivity index (χ0n) is 12.0. The van der Waals surface area contributed by atoms with Crippen LogP contribution in [0.3, 0.4) is 0 Å². The Morgan fingerprint density at radius 2 is 2.00 bits per heavy atom. The number of piperidine rings is 1. The first kappa shape index (κ1) is 15.4. The van der Waals surface area contributed by atoms with Crippen LogP contribution in [-0.4, -0.2) is 50.1 Å². The summed E-state index contributed by atoms with van der Waals surface area (Å²) in [4.78, 5) is 14.1. The van der Waals surface area contributed by atoms with Gasteiger partial charge >= 0.3 is 0 Å². The molecule has 1 heterocycles. The Kier molecular flexibility index (Phi) is 8.01. The molecule has 1 atom stereocenters. The second kappa shape index (κ2) is 9.34. The fourth-order valence-electron chi connectivity index (χ4n) is 2.38. The average Bonchev–Trinajstić information content (AvgIpc) is 2.38. The zero-order valence-corrected chi connectivity index (χ0v) is 12.0. The van der Waals surface area contributed by atoms with Crippen molar-refractivity contribution in [2.75, 3.05) is 39.3 Å². The summed E-state index contributed by atoms with van der Waals surface area (Å²) in [6.07, 6.45) is 5.11. The van der Waals surface area contributed by atoms with Gasteiger partial charge in [0.1, 0.15) is 0 Å². The lowest BCUT2D eigenvalue weighted by molar-refractivity contribution is -0.120. The normalized spacial score (nSPS) is 18.6. The van der Waals surface area contributed by atoms with Crippen LogP contribution in [0, 0.1) is 5.92 Å². The lowest BCUT2D eigenvalue weighted by Crippen LogP contribution is -2.40. The summed E-state index contributed by atoms with van der Waals surface area (Å²) in [5.74, 6) is 0.659. The molecule has 1 unspecified atom stereocenters. The molecule has 18 heavy (non-hydrogen) atoms. The topological polar surface area (TPSA) is 44.4 Å². The first-order valence-corrected chi connectivity index (χ1v) is 7.42. The Labute approximate surface area is 111 Å². The van der Waals surface area contributed by atoms with E-state index in [0.717, 1.165) is 26.1 Å². The maximum atomic E-state index is 11.5. The highest BCUT2D eigenvalue weighted by Gasteiger charge is 2.13. The van der Waals surface area contributed by atoms with E-state index in [4.69, 9.17) is 0 Å². The number of rotatable bonds is 8. The highest BCUT2D eigenvalue weighted by molar-refractivity contribution is 5.77. The Morgan fingerprint density at radius 1 is 1.28 bits per heavy atom. The molecule has 0 radical (unpaired) electrons. The van der Waals surface area contributed by atoms with Crippen molar-refractivity contribution in [3.8, 4) is 0 Å².